The minimum atomic E-state index is -1.84. The number of amides is 1. The van der Waals surface area contributed by atoms with E-state index in [1.807, 2.05) is 20.0 Å². The van der Waals surface area contributed by atoms with Crippen LogP contribution in [0.4, 0.5) is 5.69 Å². The lowest BCUT2D eigenvalue weighted by atomic mass is 10.1. The van der Waals surface area contributed by atoms with Gasteiger partial charge in [0.05, 0.1) is 10.5 Å². The van der Waals surface area contributed by atoms with E-state index < -0.39 is 13.2 Å². The van der Waals surface area contributed by atoms with Gasteiger partial charge in [0.15, 0.2) is 8.24 Å². The number of carbonyl (C=O) groups is 1. The maximum absolute atomic E-state index is 12.2. The zero-order chi connectivity index (χ0) is 14.6. The van der Waals surface area contributed by atoms with Gasteiger partial charge in [0, 0.05) is 6.07 Å². The molecule has 1 aromatic rings. The summed E-state index contributed by atoms with van der Waals surface area (Å²) in [6.07, 6.45) is 5.30. The minimum Gasteiger partial charge on any atom is -0.378 e. The lowest BCUT2D eigenvalue weighted by Crippen LogP contribution is -2.47. The Morgan fingerprint density at radius 1 is 1.53 bits per heavy atom. The Labute approximate surface area is 113 Å². The normalized spacial score (nSPS) is 10.6. The van der Waals surface area contributed by atoms with Gasteiger partial charge in [-0.3, -0.25) is 14.9 Å². The molecule has 0 atom stereocenters. The maximum Gasteiger partial charge on any atom is 0.285 e. The zero-order valence-electron chi connectivity index (χ0n) is 11.2. The molecular weight excluding hydrogens is 260 g/mol. The average molecular weight is 276 g/mol. The predicted molar refractivity (Wildman–Crippen MR) is 76.5 cm³/mol. The molecule has 6 heteroatoms. The van der Waals surface area contributed by atoms with Gasteiger partial charge in [-0.1, -0.05) is 32.0 Å². The molecule has 0 bridgehead atoms. The molecule has 0 aliphatic carbocycles. The van der Waals surface area contributed by atoms with Crippen LogP contribution < -0.4 is 4.98 Å². The highest BCUT2D eigenvalue weighted by molar-refractivity contribution is 6.77. The van der Waals surface area contributed by atoms with Crippen molar-refractivity contribution in [2.75, 3.05) is 0 Å². The van der Waals surface area contributed by atoms with Gasteiger partial charge in [-0.15, -0.1) is 6.42 Å². The smallest absolute Gasteiger partial charge is 0.285 e. The van der Waals surface area contributed by atoms with Crippen molar-refractivity contribution in [2.45, 2.75) is 26.1 Å². The third-order valence-corrected chi connectivity index (χ3v) is 5.64. The fourth-order valence-electron chi connectivity index (χ4n) is 1.50. The van der Waals surface area contributed by atoms with Crippen LogP contribution in [0.2, 0.25) is 19.1 Å². The van der Waals surface area contributed by atoms with Crippen LogP contribution in [0.5, 0.6) is 0 Å². The Hall–Kier alpha value is -2.13. The predicted octanol–water partition coefficient (Wildman–Crippen LogP) is 2.53. The summed E-state index contributed by atoms with van der Waals surface area (Å²) in [5.74, 6) is 1.91. The number of nitro benzene ring substituents is 1. The Balaban J connectivity index is 3.22. The lowest BCUT2D eigenvalue weighted by molar-refractivity contribution is -0.385. The molecule has 0 fully saturated rings. The molecule has 0 unspecified atom stereocenters. The molecule has 0 aliphatic heterocycles. The Morgan fingerprint density at radius 3 is 2.63 bits per heavy atom. The molecule has 5 nitrogen and oxygen atoms in total. The van der Waals surface area contributed by atoms with Crippen molar-refractivity contribution < 1.29 is 9.72 Å². The first-order valence-electron chi connectivity index (χ1n) is 5.89. The third-order valence-electron chi connectivity index (χ3n) is 2.96. The first-order chi connectivity index (χ1) is 8.82. The first kappa shape index (κ1) is 14.9. The number of hydrogen-bond donors (Lipinski definition) is 1. The molecule has 0 saturated heterocycles. The highest BCUT2D eigenvalue weighted by Gasteiger charge is 2.25. The minimum absolute atomic E-state index is 0.0332. The molecular formula is C13H16N2O3Si. The average Bonchev–Trinajstić information content (AvgIpc) is 2.37. The number of nitro groups is 1. The number of terminal acetylenes is 1. The lowest BCUT2D eigenvalue weighted by Gasteiger charge is -2.22. The zero-order valence-corrected chi connectivity index (χ0v) is 12.2. The second-order valence-electron chi connectivity index (χ2n) is 4.79. The van der Waals surface area contributed by atoms with Crippen molar-refractivity contribution in [3.05, 3.63) is 39.4 Å². The van der Waals surface area contributed by atoms with Crippen LogP contribution >= 0.6 is 0 Å². The van der Waals surface area contributed by atoms with E-state index in [9.17, 15) is 14.9 Å². The van der Waals surface area contributed by atoms with Crippen molar-refractivity contribution >= 4 is 19.8 Å². The summed E-state index contributed by atoms with van der Waals surface area (Å²) in [6, 6.07) is 5.15. The monoisotopic (exact) mass is 276 g/mol. The molecule has 1 aromatic carbocycles. The summed E-state index contributed by atoms with van der Waals surface area (Å²) in [5, 5.41) is 10.9. The van der Waals surface area contributed by atoms with Crippen molar-refractivity contribution in [2.24, 2.45) is 0 Å². The van der Waals surface area contributed by atoms with Crippen molar-refractivity contribution in [1.82, 2.24) is 4.98 Å². The first-order valence-corrected chi connectivity index (χ1v) is 9.09. The van der Waals surface area contributed by atoms with Crippen LogP contribution in [0, 0.1) is 22.5 Å². The van der Waals surface area contributed by atoms with Crippen molar-refractivity contribution in [3.63, 3.8) is 0 Å². The molecule has 0 aromatic heterocycles. The van der Waals surface area contributed by atoms with Crippen molar-refractivity contribution in [3.8, 4) is 12.3 Å². The summed E-state index contributed by atoms with van der Waals surface area (Å²) in [6.45, 7) is 6.03. The van der Waals surface area contributed by atoms with E-state index in [1.54, 1.807) is 0 Å². The van der Waals surface area contributed by atoms with E-state index in [1.165, 1.54) is 18.2 Å². The Bertz CT molecular complexity index is 561. The number of nitrogens with one attached hydrogen (secondary N) is 1. The van der Waals surface area contributed by atoms with Crippen LogP contribution in [0.3, 0.4) is 0 Å². The van der Waals surface area contributed by atoms with Gasteiger partial charge in [0.25, 0.3) is 5.69 Å². The highest BCUT2D eigenvalue weighted by atomic mass is 28.3. The topological polar surface area (TPSA) is 72.2 Å². The van der Waals surface area contributed by atoms with Crippen LogP contribution in [0.1, 0.15) is 22.8 Å². The molecule has 0 saturated carbocycles. The van der Waals surface area contributed by atoms with Gasteiger partial charge >= 0.3 is 0 Å². The fraction of sp³-hybridized carbons (Fsp3) is 0.308. The molecule has 0 spiro atoms. The van der Waals surface area contributed by atoms with E-state index in [0.717, 1.165) is 6.04 Å². The SMILES string of the molecule is C#Cc1c(C(=O)N[Si](C)(C)CC)cccc1[N+](=O)[O-]. The summed E-state index contributed by atoms with van der Waals surface area (Å²) in [4.78, 5) is 25.4. The largest absolute Gasteiger partial charge is 0.378 e. The summed E-state index contributed by atoms with van der Waals surface area (Å²) >= 11 is 0. The standard InChI is InChI=1S/C13H16N2O3Si/c1-5-10-11(8-7-9-12(10)15(17)18)13(16)14-19(3,4)6-2/h1,7-9H,6H2,2-4H3,(H,14,16). The van der Waals surface area contributed by atoms with Crippen LogP contribution in [-0.4, -0.2) is 19.1 Å². The summed E-state index contributed by atoms with van der Waals surface area (Å²) in [7, 11) is -1.84. The number of nitrogens with zero attached hydrogens (tertiary/aromatic N) is 1. The molecule has 1 amide bonds. The van der Waals surface area contributed by atoms with E-state index in [4.69, 9.17) is 6.42 Å². The fourth-order valence-corrected chi connectivity index (χ4v) is 2.42. The van der Waals surface area contributed by atoms with Gasteiger partial charge in [-0.2, -0.15) is 0 Å². The Morgan fingerprint density at radius 2 is 2.16 bits per heavy atom. The quantitative estimate of drug-likeness (QED) is 0.397. The van der Waals surface area contributed by atoms with Crippen LogP contribution in [-0.2, 0) is 0 Å². The molecule has 19 heavy (non-hydrogen) atoms. The summed E-state index contributed by atoms with van der Waals surface area (Å²) < 4.78 is 0. The summed E-state index contributed by atoms with van der Waals surface area (Å²) in [5.41, 5.74) is 0.00255. The third kappa shape index (κ3) is 3.42. The molecule has 0 radical (unpaired) electrons. The van der Waals surface area contributed by atoms with Gasteiger partial charge in [-0.25, -0.2) is 0 Å². The molecule has 1 rings (SSSR count). The number of benzene rings is 1. The molecule has 100 valence electrons. The van der Waals surface area contributed by atoms with Gasteiger partial charge in [0.2, 0.25) is 5.91 Å². The van der Waals surface area contributed by atoms with Gasteiger partial charge in [0.1, 0.15) is 5.56 Å². The van der Waals surface area contributed by atoms with Gasteiger partial charge in [-0.05, 0) is 12.1 Å². The number of carbonyl (C=O) groups excluding carboxylic acids is 1. The van der Waals surface area contributed by atoms with E-state index in [0.29, 0.717) is 0 Å². The second kappa shape index (κ2) is 5.67. The van der Waals surface area contributed by atoms with Crippen molar-refractivity contribution in [1.29, 1.82) is 0 Å². The van der Waals surface area contributed by atoms with Gasteiger partial charge < -0.3 is 4.98 Å². The number of hydrogen-bond acceptors (Lipinski definition) is 3. The molecule has 1 N–H and O–H groups in total. The van der Waals surface area contributed by atoms with Crippen LogP contribution in [0.15, 0.2) is 18.2 Å². The second-order valence-corrected chi connectivity index (χ2v) is 9.52. The highest BCUT2D eigenvalue weighted by Crippen LogP contribution is 2.21. The van der Waals surface area contributed by atoms with E-state index >= 15 is 0 Å². The van der Waals surface area contributed by atoms with Crippen LogP contribution in [0.25, 0.3) is 0 Å². The van der Waals surface area contributed by atoms with E-state index in [2.05, 4.69) is 10.9 Å². The molecule has 0 aliphatic rings. The Kier molecular flexibility index (Phi) is 4.46. The number of rotatable bonds is 4. The molecule has 0 heterocycles. The maximum atomic E-state index is 12.2. The van der Waals surface area contributed by atoms with E-state index in [-0.39, 0.29) is 22.7 Å².